The van der Waals surface area contributed by atoms with Crippen molar-refractivity contribution in [2.24, 2.45) is 5.92 Å². The second kappa shape index (κ2) is 9.65. The summed E-state index contributed by atoms with van der Waals surface area (Å²) in [5.74, 6) is 0.378. The summed E-state index contributed by atoms with van der Waals surface area (Å²) in [6.45, 7) is 3.62. The molecule has 3 heterocycles. The summed E-state index contributed by atoms with van der Waals surface area (Å²) in [6, 6.07) is 9.74. The summed E-state index contributed by atoms with van der Waals surface area (Å²) >= 11 is 6.45. The van der Waals surface area contributed by atoms with Crippen LogP contribution in [0.25, 0.3) is 0 Å². The predicted molar refractivity (Wildman–Crippen MR) is 119 cm³/mol. The summed E-state index contributed by atoms with van der Waals surface area (Å²) in [6.07, 6.45) is 7.95. The average molecular weight is 429 g/mol. The van der Waals surface area contributed by atoms with Crippen LogP contribution in [-0.2, 0) is 11.3 Å². The first-order chi connectivity index (χ1) is 14.6. The van der Waals surface area contributed by atoms with Gasteiger partial charge >= 0.3 is 0 Å². The third-order valence-corrected chi connectivity index (χ3v) is 6.60. The summed E-state index contributed by atoms with van der Waals surface area (Å²) in [7, 11) is 0. The number of carbonyl (C=O) groups is 1. The minimum absolute atomic E-state index is 0.0736. The van der Waals surface area contributed by atoms with Crippen molar-refractivity contribution in [2.75, 3.05) is 31.1 Å². The van der Waals surface area contributed by atoms with E-state index >= 15 is 0 Å². The highest BCUT2D eigenvalue weighted by molar-refractivity contribution is 6.33. The molecule has 0 bridgehead atoms. The fourth-order valence-electron chi connectivity index (χ4n) is 4.46. The van der Waals surface area contributed by atoms with Crippen molar-refractivity contribution in [3.05, 3.63) is 57.5 Å². The lowest BCUT2D eigenvalue weighted by molar-refractivity contribution is -0.136. The molecule has 2 aliphatic heterocycles. The highest BCUT2D eigenvalue weighted by Crippen LogP contribution is 2.28. The lowest BCUT2D eigenvalue weighted by Gasteiger charge is -2.35. The smallest absolute Gasteiger partial charge is 0.287 e. The van der Waals surface area contributed by atoms with Gasteiger partial charge in [-0.25, -0.2) is 4.68 Å². The van der Waals surface area contributed by atoms with Gasteiger partial charge in [-0.1, -0.05) is 54.8 Å². The molecule has 4 rings (SSSR count). The molecule has 0 unspecified atom stereocenters. The van der Waals surface area contributed by atoms with Gasteiger partial charge < -0.3 is 9.80 Å². The Morgan fingerprint density at radius 1 is 1.00 bits per heavy atom. The highest BCUT2D eigenvalue weighted by Gasteiger charge is 2.30. The number of halogens is 1. The Morgan fingerprint density at radius 3 is 2.33 bits per heavy atom. The zero-order valence-electron chi connectivity index (χ0n) is 17.3. The Hall–Kier alpha value is -2.34. The van der Waals surface area contributed by atoms with E-state index in [1.54, 1.807) is 6.20 Å². The Kier molecular flexibility index (Phi) is 6.72. The standard InChI is InChI=1S/C23H29ClN4O2/c24-21-20(16-25-28(23(21)30)17-18-8-4-3-5-9-18)26-14-10-19(11-15-26)22(29)27-12-6-1-2-7-13-27/h3-5,8-9,16,19H,1-2,6-7,10-15,17H2. The van der Waals surface area contributed by atoms with Crippen LogP contribution in [0.2, 0.25) is 5.02 Å². The first-order valence-corrected chi connectivity index (χ1v) is 11.3. The number of amides is 1. The maximum atomic E-state index is 12.9. The van der Waals surface area contributed by atoms with Gasteiger partial charge in [-0.05, 0) is 31.2 Å². The molecule has 0 atom stereocenters. The van der Waals surface area contributed by atoms with Crippen molar-refractivity contribution in [1.82, 2.24) is 14.7 Å². The summed E-state index contributed by atoms with van der Waals surface area (Å²) in [4.78, 5) is 29.8. The Bertz CT molecular complexity index is 915. The molecule has 0 spiro atoms. The Labute approximate surface area is 182 Å². The van der Waals surface area contributed by atoms with Crippen LogP contribution in [0.3, 0.4) is 0 Å². The number of nitrogens with zero attached hydrogens (tertiary/aromatic N) is 4. The van der Waals surface area contributed by atoms with Gasteiger partial charge in [-0.2, -0.15) is 5.10 Å². The van der Waals surface area contributed by atoms with Crippen LogP contribution in [0.5, 0.6) is 0 Å². The largest absolute Gasteiger partial charge is 0.369 e. The molecular weight excluding hydrogens is 400 g/mol. The SMILES string of the molecule is O=C(C1CCN(c2cnn(Cc3ccccc3)c(=O)c2Cl)CC1)N1CCCCCC1. The van der Waals surface area contributed by atoms with Gasteiger partial charge in [0, 0.05) is 32.1 Å². The van der Waals surface area contributed by atoms with E-state index in [1.165, 1.54) is 17.5 Å². The topological polar surface area (TPSA) is 58.4 Å². The third kappa shape index (κ3) is 4.69. The molecule has 1 amide bonds. The van der Waals surface area contributed by atoms with Crippen molar-refractivity contribution < 1.29 is 4.79 Å². The molecule has 0 N–H and O–H groups in total. The number of likely N-dealkylation sites (tertiary alicyclic amines) is 1. The Morgan fingerprint density at radius 2 is 1.67 bits per heavy atom. The molecule has 1 aromatic carbocycles. The zero-order chi connectivity index (χ0) is 20.9. The molecule has 2 fully saturated rings. The molecule has 0 aliphatic carbocycles. The molecule has 7 heteroatoms. The van der Waals surface area contributed by atoms with Crippen LogP contribution in [-0.4, -0.2) is 46.8 Å². The number of benzene rings is 1. The van der Waals surface area contributed by atoms with E-state index in [2.05, 4.69) is 14.9 Å². The van der Waals surface area contributed by atoms with E-state index in [0.717, 1.165) is 44.3 Å². The van der Waals surface area contributed by atoms with Gasteiger partial charge in [-0.3, -0.25) is 9.59 Å². The van der Waals surface area contributed by atoms with Crippen molar-refractivity contribution in [3.63, 3.8) is 0 Å². The third-order valence-electron chi connectivity index (χ3n) is 6.24. The number of hydrogen-bond donors (Lipinski definition) is 0. The first-order valence-electron chi connectivity index (χ1n) is 11.0. The van der Waals surface area contributed by atoms with Gasteiger partial charge in [0.25, 0.3) is 5.56 Å². The van der Waals surface area contributed by atoms with Crippen LogP contribution >= 0.6 is 11.6 Å². The number of hydrogen-bond acceptors (Lipinski definition) is 4. The highest BCUT2D eigenvalue weighted by atomic mass is 35.5. The van der Waals surface area contributed by atoms with Crippen LogP contribution < -0.4 is 10.5 Å². The first kappa shape index (κ1) is 20.9. The molecule has 0 radical (unpaired) electrons. The molecule has 2 aliphatic rings. The minimum Gasteiger partial charge on any atom is -0.369 e. The minimum atomic E-state index is -0.277. The molecule has 160 valence electrons. The predicted octanol–water partition coefficient (Wildman–Crippen LogP) is 3.56. The normalized spacial score (nSPS) is 18.3. The number of piperidine rings is 1. The fraction of sp³-hybridized carbons (Fsp3) is 0.522. The summed E-state index contributed by atoms with van der Waals surface area (Å²) in [5.41, 5.74) is 1.40. The van der Waals surface area contributed by atoms with Gasteiger partial charge in [-0.15, -0.1) is 0 Å². The molecule has 6 nitrogen and oxygen atoms in total. The van der Waals surface area contributed by atoms with Gasteiger partial charge in [0.1, 0.15) is 5.02 Å². The monoisotopic (exact) mass is 428 g/mol. The molecule has 30 heavy (non-hydrogen) atoms. The van der Waals surface area contributed by atoms with Gasteiger partial charge in [0.05, 0.1) is 18.4 Å². The Balaban J connectivity index is 1.40. The van der Waals surface area contributed by atoms with E-state index in [-0.39, 0.29) is 16.5 Å². The summed E-state index contributed by atoms with van der Waals surface area (Å²) in [5, 5.41) is 4.56. The van der Waals surface area contributed by atoms with E-state index in [0.29, 0.717) is 31.2 Å². The fourth-order valence-corrected chi connectivity index (χ4v) is 4.73. The quantitative estimate of drug-likeness (QED) is 0.747. The van der Waals surface area contributed by atoms with Crippen LogP contribution in [0, 0.1) is 5.92 Å². The number of aromatic nitrogens is 2. The molecule has 0 saturated carbocycles. The summed E-state index contributed by atoms with van der Waals surface area (Å²) < 4.78 is 1.40. The van der Waals surface area contributed by atoms with E-state index in [9.17, 15) is 9.59 Å². The van der Waals surface area contributed by atoms with Crippen LogP contribution in [0.4, 0.5) is 5.69 Å². The van der Waals surface area contributed by atoms with Crippen molar-refractivity contribution in [2.45, 2.75) is 45.1 Å². The molecule has 1 aromatic heterocycles. The number of carbonyl (C=O) groups excluding carboxylic acids is 1. The lowest BCUT2D eigenvalue weighted by atomic mass is 9.95. The van der Waals surface area contributed by atoms with Crippen LogP contribution in [0.1, 0.15) is 44.1 Å². The lowest BCUT2D eigenvalue weighted by Crippen LogP contribution is -2.43. The second-order valence-corrected chi connectivity index (χ2v) is 8.67. The van der Waals surface area contributed by atoms with Gasteiger partial charge in [0.2, 0.25) is 5.91 Å². The molecule has 2 aromatic rings. The average Bonchev–Trinajstić information content (AvgIpc) is 3.07. The van der Waals surface area contributed by atoms with E-state index < -0.39 is 0 Å². The maximum absolute atomic E-state index is 12.9. The van der Waals surface area contributed by atoms with E-state index in [4.69, 9.17) is 11.6 Å². The zero-order valence-corrected chi connectivity index (χ0v) is 18.1. The van der Waals surface area contributed by atoms with Crippen molar-refractivity contribution in [3.8, 4) is 0 Å². The van der Waals surface area contributed by atoms with Crippen molar-refractivity contribution in [1.29, 1.82) is 0 Å². The maximum Gasteiger partial charge on any atom is 0.287 e. The van der Waals surface area contributed by atoms with E-state index in [1.807, 2.05) is 30.3 Å². The second-order valence-electron chi connectivity index (χ2n) is 8.29. The molecular formula is C23H29ClN4O2. The molecule has 2 saturated heterocycles. The van der Waals surface area contributed by atoms with Crippen LogP contribution in [0.15, 0.2) is 41.3 Å². The van der Waals surface area contributed by atoms with Crippen molar-refractivity contribution >= 4 is 23.2 Å². The van der Waals surface area contributed by atoms with Gasteiger partial charge in [0.15, 0.2) is 0 Å². The number of anilines is 1. The number of rotatable bonds is 4.